The minimum Gasteiger partial charge on any atom is -0.457 e. The topological polar surface area (TPSA) is 55.8 Å². The van der Waals surface area contributed by atoms with Crippen molar-refractivity contribution in [3.05, 3.63) is 36.5 Å². The van der Waals surface area contributed by atoms with Gasteiger partial charge in [-0.3, -0.25) is 4.79 Å². The van der Waals surface area contributed by atoms with E-state index in [0.717, 1.165) is 25.7 Å². The molecule has 0 heterocycles. The molecule has 0 aliphatic rings. The van der Waals surface area contributed by atoms with Gasteiger partial charge in [0.15, 0.2) is 0 Å². The largest absolute Gasteiger partial charge is 0.457 e. The SMILES string of the molecule is CCCCCC/C=C\C/C=C\CCCCCCCCCCOCC(CO)OC(=O)CCCCCCCCCCCCC/C=C\CCCCCCCCCC. The van der Waals surface area contributed by atoms with Crippen molar-refractivity contribution >= 4 is 5.97 Å². The summed E-state index contributed by atoms with van der Waals surface area (Å²) in [5.74, 6) is -0.201. The molecule has 4 heteroatoms. The van der Waals surface area contributed by atoms with Gasteiger partial charge in [-0.2, -0.15) is 0 Å². The highest BCUT2D eigenvalue weighted by Gasteiger charge is 2.13. The summed E-state index contributed by atoms with van der Waals surface area (Å²) in [6, 6.07) is 0. The van der Waals surface area contributed by atoms with Crippen LogP contribution in [0.5, 0.6) is 0 Å². The average molecular weight is 759 g/mol. The highest BCUT2D eigenvalue weighted by Crippen LogP contribution is 2.15. The Hall–Kier alpha value is -1.39. The van der Waals surface area contributed by atoms with E-state index in [1.807, 2.05) is 0 Å². The summed E-state index contributed by atoms with van der Waals surface area (Å²) >= 11 is 0. The van der Waals surface area contributed by atoms with Crippen molar-refractivity contribution in [1.29, 1.82) is 0 Å². The van der Waals surface area contributed by atoms with Crippen LogP contribution in [0, 0.1) is 0 Å². The van der Waals surface area contributed by atoms with Gasteiger partial charge < -0.3 is 14.6 Å². The maximum absolute atomic E-state index is 12.2. The number of carbonyl (C=O) groups is 1. The van der Waals surface area contributed by atoms with Gasteiger partial charge in [-0.1, -0.05) is 211 Å². The quantitative estimate of drug-likeness (QED) is 0.0382. The van der Waals surface area contributed by atoms with Gasteiger partial charge in [0.2, 0.25) is 0 Å². The third-order valence-electron chi connectivity index (χ3n) is 10.7. The third kappa shape index (κ3) is 45.0. The van der Waals surface area contributed by atoms with Gasteiger partial charge in [0.05, 0.1) is 13.2 Å². The standard InChI is InChI=1S/C50H94O4/c1-3-5-7-9-11-13-15-17-19-21-23-24-25-26-27-29-31-33-35-37-39-41-43-45-50(52)54-49(47-51)48-53-46-44-42-40-38-36-34-32-30-28-22-20-18-16-14-12-10-8-6-4-2/h14,16,20-23,49,51H,3-13,15,17-19,24-48H2,1-2H3/b16-14-,22-20-,23-21-. The zero-order chi connectivity index (χ0) is 39.1. The number of hydrogen-bond donors (Lipinski definition) is 1. The molecule has 0 aromatic heterocycles. The molecule has 4 nitrogen and oxygen atoms in total. The number of esters is 1. The molecule has 0 saturated heterocycles. The number of rotatable bonds is 45. The molecule has 1 N–H and O–H groups in total. The molecule has 0 aliphatic carbocycles. The first-order valence-electron chi connectivity index (χ1n) is 24.1. The van der Waals surface area contributed by atoms with E-state index in [1.54, 1.807) is 0 Å². The normalized spacial score (nSPS) is 12.6. The van der Waals surface area contributed by atoms with Crippen molar-refractivity contribution < 1.29 is 19.4 Å². The van der Waals surface area contributed by atoms with Gasteiger partial charge in [-0.25, -0.2) is 0 Å². The van der Waals surface area contributed by atoms with Crippen LogP contribution < -0.4 is 0 Å². The number of carbonyl (C=O) groups excluding carboxylic acids is 1. The second-order valence-corrected chi connectivity index (χ2v) is 16.2. The molecule has 54 heavy (non-hydrogen) atoms. The Balaban J connectivity index is 3.40. The molecular weight excluding hydrogens is 665 g/mol. The second kappa shape index (κ2) is 47.8. The van der Waals surface area contributed by atoms with E-state index in [4.69, 9.17) is 9.47 Å². The Morgan fingerprint density at radius 3 is 1.19 bits per heavy atom. The molecule has 0 aromatic rings. The van der Waals surface area contributed by atoms with Crippen LogP contribution in [0.4, 0.5) is 0 Å². The Bertz CT molecular complexity index is 802. The summed E-state index contributed by atoms with van der Waals surface area (Å²) in [5, 5.41) is 9.63. The third-order valence-corrected chi connectivity index (χ3v) is 10.7. The van der Waals surface area contributed by atoms with E-state index >= 15 is 0 Å². The fourth-order valence-corrected chi connectivity index (χ4v) is 7.06. The minimum atomic E-state index is -0.537. The molecular formula is C50H94O4. The van der Waals surface area contributed by atoms with E-state index in [9.17, 15) is 9.90 Å². The van der Waals surface area contributed by atoms with E-state index in [-0.39, 0.29) is 12.6 Å². The van der Waals surface area contributed by atoms with Crippen LogP contribution in [-0.2, 0) is 14.3 Å². The van der Waals surface area contributed by atoms with Gasteiger partial charge in [-0.15, -0.1) is 0 Å². The fourth-order valence-electron chi connectivity index (χ4n) is 7.06. The van der Waals surface area contributed by atoms with Crippen molar-refractivity contribution in [3.63, 3.8) is 0 Å². The molecule has 0 amide bonds. The molecule has 0 radical (unpaired) electrons. The van der Waals surface area contributed by atoms with E-state index < -0.39 is 6.10 Å². The maximum atomic E-state index is 12.2. The highest BCUT2D eigenvalue weighted by atomic mass is 16.6. The summed E-state index contributed by atoms with van der Waals surface area (Å²) in [4.78, 5) is 12.2. The number of aliphatic hydroxyl groups is 1. The van der Waals surface area contributed by atoms with Crippen molar-refractivity contribution in [2.45, 2.75) is 258 Å². The van der Waals surface area contributed by atoms with Crippen LogP contribution in [0.1, 0.15) is 251 Å². The second-order valence-electron chi connectivity index (χ2n) is 16.2. The number of hydrogen-bond acceptors (Lipinski definition) is 4. The summed E-state index contributed by atoms with van der Waals surface area (Å²) in [5.41, 5.74) is 0. The van der Waals surface area contributed by atoms with Crippen LogP contribution in [-0.4, -0.2) is 37.0 Å². The van der Waals surface area contributed by atoms with Gasteiger partial charge in [0, 0.05) is 13.0 Å². The number of allylic oxidation sites excluding steroid dienone is 6. The Kier molecular flexibility index (Phi) is 46.5. The summed E-state index contributed by atoms with van der Waals surface area (Å²) < 4.78 is 11.2. The van der Waals surface area contributed by atoms with Crippen LogP contribution in [0.2, 0.25) is 0 Å². The maximum Gasteiger partial charge on any atom is 0.306 e. The van der Waals surface area contributed by atoms with Crippen molar-refractivity contribution in [2.24, 2.45) is 0 Å². The number of aliphatic hydroxyl groups excluding tert-OH is 1. The first kappa shape index (κ1) is 52.6. The Morgan fingerprint density at radius 1 is 0.444 bits per heavy atom. The summed E-state index contributed by atoms with van der Waals surface area (Å²) in [6.07, 6.45) is 60.8. The van der Waals surface area contributed by atoms with E-state index in [1.165, 1.54) is 205 Å². The molecule has 0 bridgehead atoms. The molecule has 318 valence electrons. The Morgan fingerprint density at radius 2 is 0.778 bits per heavy atom. The van der Waals surface area contributed by atoms with Crippen molar-refractivity contribution in [3.8, 4) is 0 Å². The number of ether oxygens (including phenoxy) is 2. The summed E-state index contributed by atoms with van der Waals surface area (Å²) in [7, 11) is 0. The van der Waals surface area contributed by atoms with Crippen LogP contribution in [0.3, 0.4) is 0 Å². The lowest BCUT2D eigenvalue weighted by molar-refractivity contribution is -0.154. The van der Waals surface area contributed by atoms with Gasteiger partial charge >= 0.3 is 5.97 Å². The first-order valence-corrected chi connectivity index (χ1v) is 24.1. The molecule has 0 aromatic carbocycles. The highest BCUT2D eigenvalue weighted by molar-refractivity contribution is 5.69. The lowest BCUT2D eigenvalue weighted by Crippen LogP contribution is -2.27. The lowest BCUT2D eigenvalue weighted by Gasteiger charge is -2.16. The predicted octanol–water partition coefficient (Wildman–Crippen LogP) is 16.0. The van der Waals surface area contributed by atoms with Gasteiger partial charge in [0.25, 0.3) is 0 Å². The molecule has 0 aliphatic heterocycles. The molecule has 0 fully saturated rings. The molecule has 0 rings (SSSR count). The van der Waals surface area contributed by atoms with Crippen molar-refractivity contribution in [2.75, 3.05) is 19.8 Å². The number of unbranched alkanes of at least 4 members (excludes halogenated alkanes) is 31. The minimum absolute atomic E-state index is 0.172. The monoisotopic (exact) mass is 759 g/mol. The van der Waals surface area contributed by atoms with Gasteiger partial charge in [-0.05, 0) is 70.6 Å². The molecule has 0 saturated carbocycles. The van der Waals surface area contributed by atoms with Crippen LogP contribution >= 0.6 is 0 Å². The lowest BCUT2D eigenvalue weighted by atomic mass is 10.0. The van der Waals surface area contributed by atoms with Crippen molar-refractivity contribution in [1.82, 2.24) is 0 Å². The van der Waals surface area contributed by atoms with Crippen LogP contribution in [0.25, 0.3) is 0 Å². The van der Waals surface area contributed by atoms with Crippen LogP contribution in [0.15, 0.2) is 36.5 Å². The Labute approximate surface area is 338 Å². The van der Waals surface area contributed by atoms with E-state index in [0.29, 0.717) is 19.6 Å². The van der Waals surface area contributed by atoms with E-state index in [2.05, 4.69) is 50.3 Å². The summed E-state index contributed by atoms with van der Waals surface area (Å²) in [6.45, 7) is 5.35. The smallest absolute Gasteiger partial charge is 0.306 e. The molecule has 1 unspecified atom stereocenters. The zero-order valence-corrected chi connectivity index (χ0v) is 36.5. The zero-order valence-electron chi connectivity index (χ0n) is 36.5. The molecule has 0 spiro atoms. The molecule has 1 atom stereocenters. The fraction of sp³-hybridized carbons (Fsp3) is 0.860. The van der Waals surface area contributed by atoms with Gasteiger partial charge in [0.1, 0.15) is 6.10 Å². The first-order chi connectivity index (χ1) is 26.7. The average Bonchev–Trinajstić information content (AvgIpc) is 3.18. The predicted molar refractivity (Wildman–Crippen MR) is 237 cm³/mol.